The summed E-state index contributed by atoms with van der Waals surface area (Å²) >= 11 is 0. The van der Waals surface area contributed by atoms with Crippen molar-refractivity contribution in [1.82, 2.24) is 0 Å². The maximum atomic E-state index is 13.4. The minimum atomic E-state index is -0.410. The first-order chi connectivity index (χ1) is 14.1. The van der Waals surface area contributed by atoms with E-state index in [0.29, 0.717) is 36.9 Å². The first-order valence-corrected chi connectivity index (χ1v) is 12.1. The summed E-state index contributed by atoms with van der Waals surface area (Å²) in [5.74, 6) is 1.61. The number of hydrogen-bond donors (Lipinski definition) is 2. The largest absolute Gasteiger partial charge is 0.469 e. The van der Waals surface area contributed by atoms with Crippen molar-refractivity contribution in [1.29, 1.82) is 0 Å². The monoisotopic (exact) mass is 420 g/mol. The van der Waals surface area contributed by atoms with Gasteiger partial charge in [-0.1, -0.05) is 20.8 Å². The molecular weight excluding hydrogens is 380 g/mol. The number of rotatable bonds is 4. The van der Waals surface area contributed by atoms with Gasteiger partial charge in [-0.3, -0.25) is 9.59 Å². The van der Waals surface area contributed by atoms with Crippen molar-refractivity contribution in [3.05, 3.63) is 0 Å². The van der Waals surface area contributed by atoms with Crippen LogP contribution in [0.15, 0.2) is 0 Å². The molecule has 30 heavy (non-hydrogen) atoms. The Morgan fingerprint density at radius 3 is 2.60 bits per heavy atom. The fourth-order valence-corrected chi connectivity index (χ4v) is 8.49. The lowest BCUT2D eigenvalue weighted by Crippen LogP contribution is -2.61. The van der Waals surface area contributed by atoms with Gasteiger partial charge in [0.25, 0.3) is 0 Å². The van der Waals surface area contributed by atoms with E-state index in [0.717, 1.165) is 38.5 Å². The SMILES string of the molecule is COC(=O)CCC(C)C1CCC2C3C(=O)CC4CC(O)CCC4(C)C3CC(O)C12C. The Morgan fingerprint density at radius 1 is 1.17 bits per heavy atom. The molecule has 5 heteroatoms. The third-order valence-corrected chi connectivity index (χ3v) is 10.3. The first kappa shape index (κ1) is 22.3. The smallest absolute Gasteiger partial charge is 0.305 e. The molecule has 10 unspecified atom stereocenters. The molecule has 0 aromatic heterocycles. The van der Waals surface area contributed by atoms with Crippen LogP contribution in [-0.4, -0.2) is 41.3 Å². The van der Waals surface area contributed by atoms with Crippen molar-refractivity contribution in [2.75, 3.05) is 7.11 Å². The van der Waals surface area contributed by atoms with Gasteiger partial charge in [0.2, 0.25) is 0 Å². The standard InChI is InChI=1S/C25H40O5/c1-14(5-8-22(29)30-4)17-6-7-18-23-19(13-21(28)25(17,18)3)24(2)10-9-16(26)11-15(24)12-20(23)27/h14-19,21,23,26,28H,5-13H2,1-4H3. The van der Waals surface area contributed by atoms with Crippen molar-refractivity contribution >= 4 is 11.8 Å². The highest BCUT2D eigenvalue weighted by Crippen LogP contribution is 2.67. The molecule has 4 rings (SSSR count). The summed E-state index contributed by atoms with van der Waals surface area (Å²) in [6, 6.07) is 0. The number of ether oxygens (including phenoxy) is 1. The quantitative estimate of drug-likeness (QED) is 0.677. The van der Waals surface area contributed by atoms with Gasteiger partial charge in [0.15, 0.2) is 0 Å². The number of aliphatic hydroxyl groups is 2. The zero-order valence-corrected chi connectivity index (χ0v) is 19.1. The van der Waals surface area contributed by atoms with Gasteiger partial charge >= 0.3 is 5.97 Å². The van der Waals surface area contributed by atoms with Crippen LogP contribution in [0.4, 0.5) is 0 Å². The van der Waals surface area contributed by atoms with Gasteiger partial charge in [-0.05, 0) is 80.0 Å². The highest BCUT2D eigenvalue weighted by molar-refractivity contribution is 5.83. The summed E-state index contributed by atoms with van der Waals surface area (Å²) < 4.78 is 4.82. The number of carbonyl (C=O) groups is 2. The molecule has 0 amide bonds. The lowest BCUT2D eigenvalue weighted by atomic mass is 9.43. The molecule has 0 saturated heterocycles. The summed E-state index contributed by atoms with van der Waals surface area (Å²) in [5.41, 5.74) is -0.210. The fourth-order valence-electron chi connectivity index (χ4n) is 8.49. The predicted molar refractivity (Wildman–Crippen MR) is 113 cm³/mol. The highest BCUT2D eigenvalue weighted by Gasteiger charge is 2.65. The second-order valence-electron chi connectivity index (χ2n) is 11.4. The van der Waals surface area contributed by atoms with Gasteiger partial charge < -0.3 is 14.9 Å². The summed E-state index contributed by atoms with van der Waals surface area (Å²) in [5, 5.41) is 21.7. The summed E-state index contributed by atoms with van der Waals surface area (Å²) in [7, 11) is 1.43. The Bertz CT molecular complexity index is 691. The van der Waals surface area contributed by atoms with Gasteiger partial charge in [-0.25, -0.2) is 0 Å². The van der Waals surface area contributed by atoms with Crippen LogP contribution < -0.4 is 0 Å². The molecule has 4 saturated carbocycles. The van der Waals surface area contributed by atoms with Gasteiger partial charge in [0.05, 0.1) is 19.3 Å². The second-order valence-corrected chi connectivity index (χ2v) is 11.4. The molecule has 0 bridgehead atoms. The number of esters is 1. The Hall–Kier alpha value is -0.940. The first-order valence-electron chi connectivity index (χ1n) is 12.1. The highest BCUT2D eigenvalue weighted by atomic mass is 16.5. The number of Topliss-reactive ketones (excluding diaryl/α,β-unsaturated/α-hetero) is 1. The van der Waals surface area contributed by atoms with Crippen LogP contribution in [0.25, 0.3) is 0 Å². The van der Waals surface area contributed by atoms with Gasteiger partial charge in [-0.15, -0.1) is 0 Å². The molecule has 4 aliphatic rings. The summed E-state index contributed by atoms with van der Waals surface area (Å²) in [6.07, 6.45) is 6.32. The van der Waals surface area contributed by atoms with Crippen LogP contribution in [0.1, 0.15) is 78.6 Å². The van der Waals surface area contributed by atoms with Crippen molar-refractivity contribution in [3.63, 3.8) is 0 Å². The molecule has 4 aliphatic carbocycles. The minimum Gasteiger partial charge on any atom is -0.469 e. The normalized spacial score (nSPS) is 49.0. The molecular formula is C25H40O5. The number of carbonyl (C=O) groups excluding carboxylic acids is 2. The van der Waals surface area contributed by atoms with E-state index in [1.54, 1.807) is 0 Å². The zero-order chi connectivity index (χ0) is 21.8. The molecule has 5 nitrogen and oxygen atoms in total. The Labute approximate surface area is 180 Å². The molecule has 10 atom stereocenters. The Kier molecular flexibility index (Phi) is 5.85. The van der Waals surface area contributed by atoms with E-state index in [1.165, 1.54) is 7.11 Å². The number of fused-ring (bicyclic) bond motifs is 5. The van der Waals surface area contributed by atoms with Crippen LogP contribution in [0.2, 0.25) is 0 Å². The van der Waals surface area contributed by atoms with E-state index in [4.69, 9.17) is 4.74 Å². The van der Waals surface area contributed by atoms with E-state index in [2.05, 4.69) is 20.8 Å². The number of ketones is 1. The lowest BCUT2D eigenvalue weighted by molar-refractivity contribution is -0.182. The third-order valence-electron chi connectivity index (χ3n) is 10.3. The molecule has 2 N–H and O–H groups in total. The van der Waals surface area contributed by atoms with Crippen molar-refractivity contribution in [2.45, 2.75) is 90.8 Å². The number of hydrogen-bond acceptors (Lipinski definition) is 5. The van der Waals surface area contributed by atoms with Crippen LogP contribution >= 0.6 is 0 Å². The molecule has 0 radical (unpaired) electrons. The van der Waals surface area contributed by atoms with E-state index < -0.39 is 6.10 Å². The number of aliphatic hydroxyl groups excluding tert-OH is 2. The Balaban J connectivity index is 1.59. The van der Waals surface area contributed by atoms with Gasteiger partial charge in [-0.2, -0.15) is 0 Å². The van der Waals surface area contributed by atoms with Crippen LogP contribution in [0, 0.1) is 46.3 Å². The summed E-state index contributed by atoms with van der Waals surface area (Å²) in [6.45, 7) is 6.74. The Morgan fingerprint density at radius 2 is 1.90 bits per heavy atom. The molecule has 0 aromatic rings. The van der Waals surface area contributed by atoms with Crippen LogP contribution in [0.3, 0.4) is 0 Å². The predicted octanol–water partition coefficient (Wildman–Crippen LogP) is 3.75. The average molecular weight is 421 g/mol. The molecule has 170 valence electrons. The van der Waals surface area contributed by atoms with Crippen molar-refractivity contribution in [2.24, 2.45) is 46.3 Å². The van der Waals surface area contributed by atoms with Crippen LogP contribution in [-0.2, 0) is 14.3 Å². The fraction of sp³-hybridized carbons (Fsp3) is 0.920. The summed E-state index contributed by atoms with van der Waals surface area (Å²) in [4.78, 5) is 25.1. The molecule has 0 aromatic carbocycles. The van der Waals surface area contributed by atoms with E-state index >= 15 is 0 Å². The lowest BCUT2D eigenvalue weighted by Gasteiger charge is -2.61. The van der Waals surface area contributed by atoms with Crippen LogP contribution in [0.5, 0.6) is 0 Å². The third kappa shape index (κ3) is 3.26. The molecule has 4 fully saturated rings. The molecule has 0 aliphatic heterocycles. The van der Waals surface area contributed by atoms with Crippen molar-refractivity contribution in [3.8, 4) is 0 Å². The van der Waals surface area contributed by atoms with Gasteiger partial charge in [0.1, 0.15) is 5.78 Å². The second kappa shape index (κ2) is 7.88. The molecule has 0 spiro atoms. The van der Waals surface area contributed by atoms with Crippen molar-refractivity contribution < 1.29 is 24.5 Å². The maximum Gasteiger partial charge on any atom is 0.305 e. The maximum absolute atomic E-state index is 13.4. The topological polar surface area (TPSA) is 83.8 Å². The van der Waals surface area contributed by atoms with E-state index in [1.807, 2.05) is 0 Å². The minimum absolute atomic E-state index is 0.0488. The van der Waals surface area contributed by atoms with Gasteiger partial charge in [0, 0.05) is 24.2 Å². The van der Waals surface area contributed by atoms with E-state index in [-0.39, 0.29) is 46.6 Å². The number of methoxy groups -OCH3 is 1. The van der Waals surface area contributed by atoms with E-state index in [9.17, 15) is 19.8 Å². The zero-order valence-electron chi connectivity index (χ0n) is 19.1. The average Bonchev–Trinajstić information content (AvgIpc) is 3.06. The molecule has 0 heterocycles.